The molecular formula is C14H22O2S. The molecule has 96 valence electrons. The molecule has 0 radical (unpaired) electrons. The van der Waals surface area contributed by atoms with Crippen LogP contribution in [0.3, 0.4) is 0 Å². The molecule has 4 bridgehead atoms. The largest absolute Gasteiger partial charge is 0.459 e. The van der Waals surface area contributed by atoms with Gasteiger partial charge in [0.1, 0.15) is 5.60 Å². The highest BCUT2D eigenvalue weighted by molar-refractivity contribution is 7.80. The van der Waals surface area contributed by atoms with Crippen LogP contribution in [0.4, 0.5) is 0 Å². The van der Waals surface area contributed by atoms with Crippen molar-refractivity contribution in [1.29, 1.82) is 0 Å². The SMILES string of the molecule is CC1(OC(=O)CCS)C2CC3CC(C2)CC1C3. The highest BCUT2D eigenvalue weighted by atomic mass is 32.1. The topological polar surface area (TPSA) is 26.3 Å². The zero-order valence-corrected chi connectivity index (χ0v) is 11.4. The number of esters is 1. The normalized spacial score (nSPS) is 47.2. The molecule has 0 aromatic carbocycles. The summed E-state index contributed by atoms with van der Waals surface area (Å²) in [7, 11) is 0. The van der Waals surface area contributed by atoms with Gasteiger partial charge in [-0.3, -0.25) is 4.79 Å². The Morgan fingerprint density at radius 3 is 2.18 bits per heavy atom. The monoisotopic (exact) mass is 254 g/mol. The van der Waals surface area contributed by atoms with E-state index in [1.807, 2.05) is 0 Å². The lowest BCUT2D eigenvalue weighted by Gasteiger charge is -2.59. The van der Waals surface area contributed by atoms with Crippen molar-refractivity contribution in [2.45, 2.75) is 51.0 Å². The molecule has 0 aromatic heterocycles. The molecule has 0 amide bonds. The van der Waals surface area contributed by atoms with Gasteiger partial charge in [-0.05, 0) is 62.7 Å². The molecule has 0 unspecified atom stereocenters. The maximum atomic E-state index is 11.8. The fourth-order valence-corrected chi connectivity index (χ4v) is 4.86. The number of carbonyl (C=O) groups is 1. The van der Waals surface area contributed by atoms with Crippen molar-refractivity contribution in [3.05, 3.63) is 0 Å². The molecule has 3 heteroatoms. The summed E-state index contributed by atoms with van der Waals surface area (Å²) < 4.78 is 5.87. The summed E-state index contributed by atoms with van der Waals surface area (Å²) in [6.45, 7) is 2.19. The maximum absolute atomic E-state index is 11.8. The molecule has 0 heterocycles. The van der Waals surface area contributed by atoms with Gasteiger partial charge in [0.05, 0.1) is 6.42 Å². The Hall–Kier alpha value is -0.180. The van der Waals surface area contributed by atoms with E-state index >= 15 is 0 Å². The third-order valence-corrected chi connectivity index (χ3v) is 5.63. The van der Waals surface area contributed by atoms with Crippen molar-refractivity contribution in [2.24, 2.45) is 23.7 Å². The summed E-state index contributed by atoms with van der Waals surface area (Å²) in [6.07, 6.45) is 7.04. The summed E-state index contributed by atoms with van der Waals surface area (Å²) in [5, 5.41) is 0. The van der Waals surface area contributed by atoms with Crippen molar-refractivity contribution >= 4 is 18.6 Å². The van der Waals surface area contributed by atoms with E-state index in [9.17, 15) is 4.79 Å². The number of rotatable bonds is 3. The molecule has 4 saturated carbocycles. The number of hydrogen-bond acceptors (Lipinski definition) is 3. The Morgan fingerprint density at radius 2 is 1.71 bits per heavy atom. The number of carbonyl (C=O) groups excluding carboxylic acids is 1. The second-order valence-corrected chi connectivity index (χ2v) is 6.88. The van der Waals surface area contributed by atoms with Crippen molar-refractivity contribution in [3.8, 4) is 0 Å². The van der Waals surface area contributed by atoms with Crippen molar-refractivity contribution in [3.63, 3.8) is 0 Å². The summed E-state index contributed by atoms with van der Waals surface area (Å²) in [5.41, 5.74) is -0.159. The molecule has 4 aliphatic rings. The first-order valence-electron chi connectivity index (χ1n) is 6.94. The van der Waals surface area contributed by atoms with Crippen LogP contribution in [0.2, 0.25) is 0 Å². The molecule has 0 aliphatic heterocycles. The first-order valence-corrected chi connectivity index (χ1v) is 7.57. The summed E-state index contributed by atoms with van der Waals surface area (Å²) in [6, 6.07) is 0. The molecule has 0 spiro atoms. The van der Waals surface area contributed by atoms with Crippen LogP contribution in [0.25, 0.3) is 0 Å². The van der Waals surface area contributed by atoms with Crippen LogP contribution in [-0.2, 0) is 9.53 Å². The van der Waals surface area contributed by atoms with Gasteiger partial charge in [-0.15, -0.1) is 0 Å². The molecule has 2 nitrogen and oxygen atoms in total. The molecule has 0 N–H and O–H groups in total. The van der Waals surface area contributed by atoms with E-state index in [1.54, 1.807) is 0 Å². The minimum Gasteiger partial charge on any atom is -0.459 e. The quantitative estimate of drug-likeness (QED) is 0.619. The van der Waals surface area contributed by atoms with Gasteiger partial charge in [0, 0.05) is 5.75 Å². The second kappa shape index (κ2) is 4.18. The Kier molecular flexibility index (Phi) is 2.92. The van der Waals surface area contributed by atoms with Gasteiger partial charge in [0.15, 0.2) is 0 Å². The summed E-state index contributed by atoms with van der Waals surface area (Å²) >= 11 is 4.11. The van der Waals surface area contributed by atoms with E-state index in [-0.39, 0.29) is 11.6 Å². The molecule has 17 heavy (non-hydrogen) atoms. The molecule has 0 atom stereocenters. The minimum absolute atomic E-state index is 0.0463. The number of hydrogen-bond donors (Lipinski definition) is 1. The second-order valence-electron chi connectivity index (χ2n) is 6.44. The maximum Gasteiger partial charge on any atom is 0.307 e. The van der Waals surface area contributed by atoms with Crippen LogP contribution >= 0.6 is 12.6 Å². The minimum atomic E-state index is -0.159. The first kappa shape index (κ1) is 11.9. The van der Waals surface area contributed by atoms with E-state index in [0.29, 0.717) is 24.0 Å². The smallest absolute Gasteiger partial charge is 0.307 e. The van der Waals surface area contributed by atoms with Crippen LogP contribution in [0.5, 0.6) is 0 Å². The van der Waals surface area contributed by atoms with Gasteiger partial charge >= 0.3 is 5.97 Å². The van der Waals surface area contributed by atoms with Crippen LogP contribution in [-0.4, -0.2) is 17.3 Å². The molecular weight excluding hydrogens is 232 g/mol. The van der Waals surface area contributed by atoms with Crippen molar-refractivity contribution in [2.75, 3.05) is 5.75 Å². The van der Waals surface area contributed by atoms with E-state index < -0.39 is 0 Å². The van der Waals surface area contributed by atoms with Crippen LogP contribution in [0.1, 0.15) is 45.4 Å². The Bertz CT molecular complexity index is 298. The van der Waals surface area contributed by atoms with E-state index in [2.05, 4.69) is 19.6 Å². The van der Waals surface area contributed by atoms with Gasteiger partial charge < -0.3 is 4.74 Å². The lowest BCUT2D eigenvalue weighted by Crippen LogP contribution is -2.58. The average Bonchev–Trinajstić information content (AvgIpc) is 2.25. The van der Waals surface area contributed by atoms with E-state index in [0.717, 1.165) is 11.8 Å². The van der Waals surface area contributed by atoms with Gasteiger partial charge in [-0.25, -0.2) is 0 Å². The van der Waals surface area contributed by atoms with Gasteiger partial charge in [-0.1, -0.05) is 0 Å². The fourth-order valence-electron chi connectivity index (χ4n) is 4.67. The lowest BCUT2D eigenvalue weighted by molar-refractivity contribution is -0.202. The standard InChI is InChI=1S/C14H22O2S/c1-14(16-13(15)2-3-17)11-5-9-4-10(7-11)8-12(14)6-9/h9-12,17H,2-8H2,1H3. The highest BCUT2D eigenvalue weighted by Gasteiger charge is 2.56. The lowest BCUT2D eigenvalue weighted by atomic mass is 9.50. The summed E-state index contributed by atoms with van der Waals surface area (Å²) in [4.78, 5) is 11.8. The zero-order valence-electron chi connectivity index (χ0n) is 10.5. The molecule has 0 saturated heterocycles. The predicted octanol–water partition coefficient (Wildman–Crippen LogP) is 3.06. The van der Waals surface area contributed by atoms with E-state index in [4.69, 9.17) is 4.74 Å². The summed E-state index contributed by atoms with van der Waals surface area (Å²) in [5.74, 6) is 3.65. The Morgan fingerprint density at radius 1 is 1.18 bits per heavy atom. The van der Waals surface area contributed by atoms with Crippen LogP contribution in [0.15, 0.2) is 0 Å². The zero-order chi connectivity index (χ0) is 12.0. The van der Waals surface area contributed by atoms with Crippen LogP contribution in [0, 0.1) is 23.7 Å². The van der Waals surface area contributed by atoms with Gasteiger partial charge in [0.25, 0.3) is 0 Å². The predicted molar refractivity (Wildman–Crippen MR) is 70.0 cm³/mol. The van der Waals surface area contributed by atoms with Crippen molar-refractivity contribution < 1.29 is 9.53 Å². The highest BCUT2D eigenvalue weighted by Crippen LogP contribution is 2.59. The molecule has 4 fully saturated rings. The third-order valence-electron chi connectivity index (χ3n) is 5.41. The molecule has 0 aromatic rings. The molecule has 4 aliphatic carbocycles. The van der Waals surface area contributed by atoms with Gasteiger partial charge in [0.2, 0.25) is 0 Å². The van der Waals surface area contributed by atoms with Crippen molar-refractivity contribution in [1.82, 2.24) is 0 Å². The van der Waals surface area contributed by atoms with E-state index in [1.165, 1.54) is 32.1 Å². The molecule has 4 rings (SSSR count). The first-order chi connectivity index (χ1) is 8.11. The van der Waals surface area contributed by atoms with Gasteiger partial charge in [-0.2, -0.15) is 12.6 Å². The Balaban J connectivity index is 1.75. The average molecular weight is 254 g/mol. The number of thiol groups is 1. The fraction of sp³-hybridized carbons (Fsp3) is 0.929. The van der Waals surface area contributed by atoms with Crippen LogP contribution < -0.4 is 0 Å². The third kappa shape index (κ3) is 1.91. The number of ether oxygens (including phenoxy) is 1. The Labute approximate surface area is 109 Å².